The lowest BCUT2D eigenvalue weighted by atomic mass is 10.0. The van der Waals surface area contributed by atoms with Crippen molar-refractivity contribution in [3.63, 3.8) is 0 Å². The topological polar surface area (TPSA) is 55.5 Å². The van der Waals surface area contributed by atoms with Crippen LogP contribution in [0, 0.1) is 6.92 Å². The van der Waals surface area contributed by atoms with Crippen molar-refractivity contribution in [1.29, 1.82) is 0 Å². The van der Waals surface area contributed by atoms with Crippen molar-refractivity contribution in [2.45, 2.75) is 13.0 Å². The molecule has 3 N–H and O–H groups in total. The third kappa shape index (κ3) is 2.20. The van der Waals surface area contributed by atoms with Crippen LogP contribution in [0.15, 0.2) is 18.2 Å². The van der Waals surface area contributed by atoms with E-state index in [-0.39, 0.29) is 12.6 Å². The Bertz CT molecular complexity index is 286. The van der Waals surface area contributed by atoms with E-state index in [0.29, 0.717) is 0 Å². The lowest BCUT2D eigenvalue weighted by Crippen LogP contribution is -2.15. The van der Waals surface area contributed by atoms with Crippen molar-refractivity contribution in [2.24, 2.45) is 5.73 Å². The third-order valence-electron chi connectivity index (χ3n) is 1.98. The highest BCUT2D eigenvalue weighted by molar-refractivity contribution is 5.38. The molecule has 0 aliphatic rings. The molecule has 3 nitrogen and oxygen atoms in total. The Morgan fingerprint density at radius 2 is 2.23 bits per heavy atom. The zero-order chi connectivity index (χ0) is 9.84. The van der Waals surface area contributed by atoms with Gasteiger partial charge in [0.15, 0.2) is 0 Å². The number of hydrogen-bond acceptors (Lipinski definition) is 3. The minimum absolute atomic E-state index is 0.0696. The molecule has 1 rings (SSSR count). The van der Waals surface area contributed by atoms with Crippen LogP contribution in [0.3, 0.4) is 0 Å². The molecular formula is C10H15NO2. The Labute approximate surface area is 78.1 Å². The number of methoxy groups -OCH3 is 1. The molecule has 0 heterocycles. The van der Waals surface area contributed by atoms with Crippen molar-refractivity contribution >= 4 is 0 Å². The average Bonchev–Trinajstić information content (AvgIpc) is 2.16. The number of ether oxygens (including phenoxy) is 1. The monoisotopic (exact) mass is 181 g/mol. The minimum Gasteiger partial charge on any atom is -0.496 e. The smallest absolute Gasteiger partial charge is 0.123 e. The molecule has 0 aromatic heterocycles. The van der Waals surface area contributed by atoms with Crippen LogP contribution in [0.25, 0.3) is 0 Å². The molecule has 0 radical (unpaired) electrons. The van der Waals surface area contributed by atoms with E-state index >= 15 is 0 Å². The number of aliphatic hydroxyl groups is 1. The molecule has 0 fully saturated rings. The number of hydrogen-bond donors (Lipinski definition) is 2. The second kappa shape index (κ2) is 4.25. The molecule has 0 aliphatic heterocycles. The lowest BCUT2D eigenvalue weighted by molar-refractivity contribution is 0.264. The van der Waals surface area contributed by atoms with Gasteiger partial charge in [-0.3, -0.25) is 0 Å². The number of rotatable bonds is 3. The molecule has 0 bridgehead atoms. The first kappa shape index (κ1) is 10.0. The van der Waals surface area contributed by atoms with Gasteiger partial charge in [0, 0.05) is 5.56 Å². The second-order valence-corrected chi connectivity index (χ2v) is 3.03. The first-order chi connectivity index (χ1) is 6.19. The number of benzene rings is 1. The summed E-state index contributed by atoms with van der Waals surface area (Å²) in [5.41, 5.74) is 7.67. The Kier molecular flexibility index (Phi) is 3.28. The predicted octanol–water partition coefficient (Wildman–Crippen LogP) is 0.996. The van der Waals surface area contributed by atoms with E-state index in [1.54, 1.807) is 7.11 Å². The van der Waals surface area contributed by atoms with Crippen LogP contribution in [0.1, 0.15) is 17.2 Å². The van der Waals surface area contributed by atoms with E-state index in [0.717, 1.165) is 16.9 Å². The Balaban J connectivity index is 3.07. The van der Waals surface area contributed by atoms with E-state index < -0.39 is 0 Å². The van der Waals surface area contributed by atoms with Crippen molar-refractivity contribution in [2.75, 3.05) is 13.7 Å². The van der Waals surface area contributed by atoms with Gasteiger partial charge < -0.3 is 15.6 Å². The Morgan fingerprint density at radius 3 is 2.77 bits per heavy atom. The molecule has 0 aliphatic carbocycles. The molecule has 0 saturated carbocycles. The molecule has 13 heavy (non-hydrogen) atoms. The summed E-state index contributed by atoms with van der Waals surface area (Å²) in [5, 5.41) is 8.92. The Hall–Kier alpha value is -1.06. The quantitative estimate of drug-likeness (QED) is 0.731. The number of aryl methyl sites for hydroxylation is 1. The summed E-state index contributed by atoms with van der Waals surface area (Å²) in [6.45, 7) is 1.91. The van der Waals surface area contributed by atoms with Crippen molar-refractivity contribution < 1.29 is 9.84 Å². The zero-order valence-electron chi connectivity index (χ0n) is 7.95. The first-order valence-electron chi connectivity index (χ1n) is 4.20. The van der Waals surface area contributed by atoms with Gasteiger partial charge in [-0.25, -0.2) is 0 Å². The van der Waals surface area contributed by atoms with Crippen molar-refractivity contribution in [3.8, 4) is 5.75 Å². The highest BCUT2D eigenvalue weighted by Gasteiger charge is 2.10. The van der Waals surface area contributed by atoms with Gasteiger partial charge in [-0.1, -0.05) is 17.7 Å². The van der Waals surface area contributed by atoms with Gasteiger partial charge in [-0.15, -0.1) is 0 Å². The summed E-state index contributed by atoms with van der Waals surface area (Å²) in [6.07, 6.45) is 0. The van der Waals surface area contributed by atoms with Gasteiger partial charge in [0.25, 0.3) is 0 Å². The lowest BCUT2D eigenvalue weighted by Gasteiger charge is -2.13. The van der Waals surface area contributed by atoms with E-state index in [2.05, 4.69) is 0 Å². The molecule has 0 spiro atoms. The van der Waals surface area contributed by atoms with Crippen LogP contribution >= 0.6 is 0 Å². The van der Waals surface area contributed by atoms with E-state index in [1.807, 2.05) is 25.1 Å². The second-order valence-electron chi connectivity index (χ2n) is 3.03. The van der Waals surface area contributed by atoms with Crippen LogP contribution in [-0.4, -0.2) is 18.8 Å². The van der Waals surface area contributed by atoms with Crippen LogP contribution in [0.4, 0.5) is 0 Å². The summed E-state index contributed by atoms with van der Waals surface area (Å²) >= 11 is 0. The van der Waals surface area contributed by atoms with Crippen molar-refractivity contribution in [1.82, 2.24) is 0 Å². The van der Waals surface area contributed by atoms with Gasteiger partial charge in [0.05, 0.1) is 19.8 Å². The maximum absolute atomic E-state index is 8.92. The summed E-state index contributed by atoms with van der Waals surface area (Å²) < 4.78 is 5.13. The fourth-order valence-electron chi connectivity index (χ4n) is 1.24. The zero-order valence-corrected chi connectivity index (χ0v) is 7.95. The van der Waals surface area contributed by atoms with E-state index in [9.17, 15) is 0 Å². The number of aliphatic hydroxyl groups excluding tert-OH is 1. The molecular weight excluding hydrogens is 166 g/mol. The summed E-state index contributed by atoms with van der Waals surface area (Å²) in [4.78, 5) is 0. The first-order valence-corrected chi connectivity index (χ1v) is 4.20. The highest BCUT2D eigenvalue weighted by atomic mass is 16.5. The molecule has 0 unspecified atom stereocenters. The summed E-state index contributed by atoms with van der Waals surface area (Å²) in [6, 6.07) is 5.38. The van der Waals surface area contributed by atoms with Crippen molar-refractivity contribution in [3.05, 3.63) is 29.3 Å². The van der Waals surface area contributed by atoms with Crippen LogP contribution in [0.5, 0.6) is 5.75 Å². The average molecular weight is 181 g/mol. The summed E-state index contributed by atoms with van der Waals surface area (Å²) in [7, 11) is 1.60. The van der Waals surface area contributed by atoms with Gasteiger partial charge in [0.2, 0.25) is 0 Å². The molecule has 3 heteroatoms. The number of nitrogens with two attached hydrogens (primary N) is 1. The SMILES string of the molecule is COc1ccc(C)cc1[C@H](N)CO. The molecule has 1 aromatic carbocycles. The predicted molar refractivity (Wildman–Crippen MR) is 51.7 cm³/mol. The molecule has 0 saturated heterocycles. The van der Waals surface area contributed by atoms with Gasteiger partial charge >= 0.3 is 0 Å². The fraction of sp³-hybridized carbons (Fsp3) is 0.400. The normalized spacial score (nSPS) is 12.6. The van der Waals surface area contributed by atoms with Crippen LogP contribution in [-0.2, 0) is 0 Å². The highest BCUT2D eigenvalue weighted by Crippen LogP contribution is 2.24. The van der Waals surface area contributed by atoms with Crippen LogP contribution < -0.4 is 10.5 Å². The van der Waals surface area contributed by atoms with Crippen LogP contribution in [0.2, 0.25) is 0 Å². The fourth-order valence-corrected chi connectivity index (χ4v) is 1.24. The molecule has 0 amide bonds. The maximum Gasteiger partial charge on any atom is 0.123 e. The van der Waals surface area contributed by atoms with Gasteiger partial charge in [-0.2, -0.15) is 0 Å². The van der Waals surface area contributed by atoms with E-state index in [4.69, 9.17) is 15.6 Å². The van der Waals surface area contributed by atoms with Gasteiger partial charge in [-0.05, 0) is 13.0 Å². The third-order valence-corrected chi connectivity index (χ3v) is 1.98. The maximum atomic E-state index is 8.92. The molecule has 72 valence electrons. The summed E-state index contributed by atoms with van der Waals surface area (Å²) in [5.74, 6) is 0.729. The largest absolute Gasteiger partial charge is 0.496 e. The van der Waals surface area contributed by atoms with Gasteiger partial charge in [0.1, 0.15) is 5.75 Å². The molecule has 1 atom stereocenters. The Morgan fingerprint density at radius 1 is 1.54 bits per heavy atom. The standard InChI is InChI=1S/C10H15NO2/c1-7-3-4-10(13-2)8(5-7)9(11)6-12/h3-5,9,12H,6,11H2,1-2H3/t9-/m1/s1. The van der Waals surface area contributed by atoms with E-state index in [1.165, 1.54) is 0 Å². The minimum atomic E-state index is -0.366. The molecule has 1 aromatic rings.